The standard InChI is InChI=1S/C28H34N6O4S/c1-4-19-6-9-21(10-7-19)39(37,38)32-24-22-18-20(8-11-23(22)31-28(2,3)25(24)35)26(36)33-14-16-34(17-15-33)27-29-12-5-13-30-27/h5-13,18,24-25,31-32,35H,4,14-17H2,1-3H3/t24-,25+/m1/s1. The fraction of sp³-hybridized carbons (Fsp3) is 0.393. The number of sulfonamides is 1. The molecule has 0 aliphatic carbocycles. The van der Waals surface area contributed by atoms with Crippen LogP contribution in [0.5, 0.6) is 0 Å². The number of nitrogens with zero attached hydrogens (tertiary/aromatic N) is 4. The summed E-state index contributed by atoms with van der Waals surface area (Å²) in [4.78, 5) is 26.0. The zero-order chi connectivity index (χ0) is 27.8. The lowest BCUT2D eigenvalue weighted by Gasteiger charge is -2.43. The van der Waals surface area contributed by atoms with Gasteiger partial charge < -0.3 is 20.2 Å². The number of rotatable bonds is 6. The first kappa shape index (κ1) is 27.0. The summed E-state index contributed by atoms with van der Waals surface area (Å²) in [5.41, 5.74) is 1.85. The zero-order valence-electron chi connectivity index (χ0n) is 22.3. The molecule has 2 aliphatic rings. The van der Waals surface area contributed by atoms with Gasteiger partial charge in [0.2, 0.25) is 16.0 Å². The molecular formula is C28H34N6O4S. The molecule has 1 amide bonds. The Morgan fingerprint density at radius 1 is 1.08 bits per heavy atom. The van der Waals surface area contributed by atoms with Crippen LogP contribution in [0.1, 0.15) is 48.3 Å². The van der Waals surface area contributed by atoms with Crippen LogP contribution in [-0.4, -0.2) is 72.1 Å². The first-order valence-corrected chi connectivity index (χ1v) is 14.6. The Morgan fingerprint density at radius 3 is 2.38 bits per heavy atom. The first-order chi connectivity index (χ1) is 18.6. The van der Waals surface area contributed by atoms with E-state index in [1.165, 1.54) is 0 Å². The Kier molecular flexibility index (Phi) is 7.32. The number of fused-ring (bicyclic) bond motifs is 1. The number of aliphatic hydroxyl groups excluding tert-OH is 1. The predicted molar refractivity (Wildman–Crippen MR) is 149 cm³/mol. The molecule has 1 fully saturated rings. The molecule has 0 saturated carbocycles. The molecule has 3 aromatic rings. The monoisotopic (exact) mass is 550 g/mol. The first-order valence-electron chi connectivity index (χ1n) is 13.1. The predicted octanol–water partition coefficient (Wildman–Crippen LogP) is 2.59. The van der Waals surface area contributed by atoms with Crippen molar-refractivity contribution in [3.8, 4) is 0 Å². The number of hydrogen-bond acceptors (Lipinski definition) is 8. The largest absolute Gasteiger partial charge is 0.389 e. The summed E-state index contributed by atoms with van der Waals surface area (Å²) in [6, 6.07) is 12.7. The number of aryl methyl sites for hydroxylation is 1. The molecule has 206 valence electrons. The van der Waals surface area contributed by atoms with Gasteiger partial charge in [0.1, 0.15) is 0 Å². The summed E-state index contributed by atoms with van der Waals surface area (Å²) in [5.74, 6) is 0.489. The third-order valence-corrected chi connectivity index (χ3v) is 8.93. The second-order valence-electron chi connectivity index (χ2n) is 10.5. The van der Waals surface area contributed by atoms with Crippen LogP contribution in [-0.2, 0) is 16.4 Å². The average Bonchev–Trinajstić information content (AvgIpc) is 2.95. The van der Waals surface area contributed by atoms with E-state index in [0.717, 1.165) is 12.0 Å². The number of carbonyl (C=O) groups is 1. The van der Waals surface area contributed by atoms with Crippen LogP contribution in [0.2, 0.25) is 0 Å². The van der Waals surface area contributed by atoms with E-state index in [2.05, 4.69) is 20.0 Å². The number of nitrogens with one attached hydrogen (secondary N) is 2. The van der Waals surface area contributed by atoms with Crippen molar-refractivity contribution in [1.29, 1.82) is 0 Å². The van der Waals surface area contributed by atoms with Gasteiger partial charge in [0.05, 0.1) is 22.6 Å². The summed E-state index contributed by atoms with van der Waals surface area (Å²) in [6.45, 7) is 7.85. The van der Waals surface area contributed by atoms with Crippen molar-refractivity contribution in [2.45, 2.75) is 49.8 Å². The number of carbonyl (C=O) groups excluding carboxylic acids is 1. The SMILES string of the molecule is CCc1ccc(S(=O)(=O)N[C@@H]2c3cc(C(=O)N4CCN(c5ncccn5)CC4)ccc3NC(C)(C)[C@H]2O)cc1. The van der Waals surface area contributed by atoms with Crippen LogP contribution in [0.3, 0.4) is 0 Å². The highest BCUT2D eigenvalue weighted by Gasteiger charge is 2.43. The van der Waals surface area contributed by atoms with Crippen molar-refractivity contribution in [3.05, 3.63) is 77.6 Å². The normalized spacial score (nSPS) is 20.7. The van der Waals surface area contributed by atoms with Crippen molar-refractivity contribution < 1.29 is 18.3 Å². The molecular weight excluding hydrogens is 516 g/mol. The van der Waals surface area contributed by atoms with Gasteiger partial charge in [-0.25, -0.2) is 23.1 Å². The van der Waals surface area contributed by atoms with E-state index in [1.807, 2.05) is 25.7 Å². The molecule has 3 heterocycles. The van der Waals surface area contributed by atoms with Crippen molar-refractivity contribution >= 4 is 27.6 Å². The van der Waals surface area contributed by atoms with Gasteiger partial charge in [-0.3, -0.25) is 4.79 Å². The minimum absolute atomic E-state index is 0.122. The average molecular weight is 551 g/mol. The quantitative estimate of drug-likeness (QED) is 0.427. The van der Waals surface area contributed by atoms with E-state index < -0.39 is 27.7 Å². The zero-order valence-corrected chi connectivity index (χ0v) is 23.1. The van der Waals surface area contributed by atoms with E-state index >= 15 is 0 Å². The Labute approximate surface area is 229 Å². The maximum absolute atomic E-state index is 13.5. The van der Waals surface area contributed by atoms with Crippen LogP contribution in [0.4, 0.5) is 11.6 Å². The molecule has 3 N–H and O–H groups in total. The highest BCUT2D eigenvalue weighted by molar-refractivity contribution is 7.89. The van der Waals surface area contributed by atoms with Gasteiger partial charge in [-0.15, -0.1) is 0 Å². The van der Waals surface area contributed by atoms with Crippen LogP contribution in [0, 0.1) is 0 Å². The fourth-order valence-corrected chi connectivity index (χ4v) is 6.31. The molecule has 10 nitrogen and oxygen atoms in total. The van der Waals surface area contributed by atoms with Crippen LogP contribution in [0.25, 0.3) is 0 Å². The second kappa shape index (κ2) is 10.6. The third-order valence-electron chi connectivity index (χ3n) is 7.47. The number of aromatic nitrogens is 2. The maximum atomic E-state index is 13.5. The number of amides is 1. The van der Waals surface area contributed by atoms with E-state index in [4.69, 9.17) is 0 Å². The van der Waals surface area contributed by atoms with Crippen molar-refractivity contribution in [3.63, 3.8) is 0 Å². The van der Waals surface area contributed by atoms with E-state index in [9.17, 15) is 18.3 Å². The lowest BCUT2D eigenvalue weighted by Crippen LogP contribution is -2.54. The molecule has 2 aliphatic heterocycles. The second-order valence-corrected chi connectivity index (χ2v) is 12.2. The molecule has 11 heteroatoms. The summed E-state index contributed by atoms with van der Waals surface area (Å²) >= 11 is 0. The van der Waals surface area contributed by atoms with Crippen LogP contribution in [0.15, 0.2) is 65.8 Å². The molecule has 0 bridgehead atoms. The maximum Gasteiger partial charge on any atom is 0.253 e. The number of benzene rings is 2. The number of aliphatic hydroxyl groups is 1. The molecule has 5 rings (SSSR count). The summed E-state index contributed by atoms with van der Waals surface area (Å²) in [6.07, 6.45) is 3.10. The smallest absolute Gasteiger partial charge is 0.253 e. The van der Waals surface area contributed by atoms with Gasteiger partial charge in [0, 0.05) is 49.8 Å². The van der Waals surface area contributed by atoms with Crippen molar-refractivity contribution in [1.82, 2.24) is 19.6 Å². The highest BCUT2D eigenvalue weighted by Crippen LogP contribution is 2.39. The van der Waals surface area contributed by atoms with Gasteiger partial charge in [-0.2, -0.15) is 0 Å². The van der Waals surface area contributed by atoms with Gasteiger partial charge in [-0.05, 0) is 67.8 Å². The fourth-order valence-electron chi connectivity index (χ4n) is 5.09. The molecule has 1 saturated heterocycles. The van der Waals surface area contributed by atoms with Gasteiger partial charge >= 0.3 is 0 Å². The number of piperazine rings is 1. The van der Waals surface area contributed by atoms with Gasteiger partial charge in [-0.1, -0.05) is 19.1 Å². The lowest BCUT2D eigenvalue weighted by molar-refractivity contribution is 0.0737. The van der Waals surface area contributed by atoms with Crippen LogP contribution >= 0.6 is 0 Å². The highest BCUT2D eigenvalue weighted by atomic mass is 32.2. The topological polar surface area (TPSA) is 128 Å². The molecule has 1 aromatic heterocycles. The summed E-state index contributed by atoms with van der Waals surface area (Å²) in [5, 5.41) is 14.5. The minimum atomic E-state index is -3.95. The Morgan fingerprint density at radius 2 is 1.74 bits per heavy atom. The summed E-state index contributed by atoms with van der Waals surface area (Å²) < 4.78 is 29.4. The third kappa shape index (κ3) is 5.47. The molecule has 0 spiro atoms. The Balaban J connectivity index is 1.39. The Hall–Kier alpha value is -3.54. The molecule has 0 unspecified atom stereocenters. The van der Waals surface area contributed by atoms with Gasteiger partial charge in [0.15, 0.2) is 0 Å². The van der Waals surface area contributed by atoms with E-state index in [0.29, 0.717) is 48.9 Å². The van der Waals surface area contributed by atoms with E-state index in [1.54, 1.807) is 65.8 Å². The van der Waals surface area contributed by atoms with Crippen molar-refractivity contribution in [2.75, 3.05) is 36.4 Å². The van der Waals surface area contributed by atoms with Crippen LogP contribution < -0.4 is 14.9 Å². The molecule has 2 aromatic carbocycles. The molecule has 2 atom stereocenters. The minimum Gasteiger partial charge on any atom is -0.389 e. The number of hydrogen-bond donors (Lipinski definition) is 3. The Bertz CT molecular complexity index is 1440. The summed E-state index contributed by atoms with van der Waals surface area (Å²) in [7, 11) is -3.95. The van der Waals surface area contributed by atoms with Crippen molar-refractivity contribution in [2.24, 2.45) is 0 Å². The van der Waals surface area contributed by atoms with Gasteiger partial charge in [0.25, 0.3) is 5.91 Å². The lowest BCUT2D eigenvalue weighted by atomic mass is 9.82. The molecule has 39 heavy (non-hydrogen) atoms. The number of anilines is 2. The van der Waals surface area contributed by atoms with E-state index in [-0.39, 0.29) is 10.8 Å². The molecule has 0 radical (unpaired) electrons.